The van der Waals surface area contributed by atoms with Crippen LogP contribution >= 0.6 is 22.9 Å². The van der Waals surface area contributed by atoms with Crippen molar-refractivity contribution in [1.82, 2.24) is 19.6 Å². The zero-order valence-electron chi connectivity index (χ0n) is 13.7. The van der Waals surface area contributed by atoms with Crippen molar-refractivity contribution in [3.05, 3.63) is 64.5 Å². The Labute approximate surface area is 164 Å². The van der Waals surface area contributed by atoms with E-state index in [-0.39, 0.29) is 27.9 Å². The third-order valence-electron chi connectivity index (χ3n) is 3.73. The Morgan fingerprint density at radius 2 is 2.04 bits per heavy atom. The van der Waals surface area contributed by atoms with Gasteiger partial charge in [-0.15, -0.1) is 11.3 Å². The first-order chi connectivity index (χ1) is 13.3. The van der Waals surface area contributed by atoms with Crippen LogP contribution in [0.5, 0.6) is 0 Å². The third kappa shape index (κ3) is 3.43. The number of thiophene rings is 1. The molecule has 28 heavy (non-hydrogen) atoms. The standard InChI is InChI=1S/C17H9ClF3N5OS/c18-15-9(3-1-5-22-15)24-16(27)11-8-14-23-10(12-4-2-6-28-12)7-13(17(19,20)21)26(14)25-11/h1-8H,(H,24,27). The second-order valence-corrected chi connectivity index (χ2v) is 6.90. The van der Waals surface area contributed by atoms with Crippen LogP contribution in [0, 0.1) is 0 Å². The van der Waals surface area contributed by atoms with Crippen molar-refractivity contribution in [2.24, 2.45) is 0 Å². The first-order valence-electron chi connectivity index (χ1n) is 7.77. The van der Waals surface area contributed by atoms with Crippen molar-refractivity contribution in [3.8, 4) is 10.6 Å². The van der Waals surface area contributed by atoms with Crippen LogP contribution in [0.25, 0.3) is 16.2 Å². The molecular formula is C17H9ClF3N5OS. The lowest BCUT2D eigenvalue weighted by molar-refractivity contribution is -0.142. The number of halogens is 4. The summed E-state index contributed by atoms with van der Waals surface area (Å²) in [5.41, 5.74) is -0.993. The minimum absolute atomic E-state index is 0.0497. The number of pyridine rings is 1. The fourth-order valence-electron chi connectivity index (χ4n) is 2.50. The number of anilines is 1. The van der Waals surface area contributed by atoms with E-state index in [1.807, 2.05) is 0 Å². The Bertz CT molecular complexity index is 1170. The molecule has 0 fully saturated rings. The van der Waals surface area contributed by atoms with E-state index in [1.165, 1.54) is 29.7 Å². The molecule has 4 rings (SSSR count). The van der Waals surface area contributed by atoms with Gasteiger partial charge in [-0.05, 0) is 29.6 Å². The van der Waals surface area contributed by atoms with Gasteiger partial charge in [0.2, 0.25) is 0 Å². The number of aromatic nitrogens is 4. The zero-order valence-corrected chi connectivity index (χ0v) is 15.3. The average molecular weight is 424 g/mol. The first kappa shape index (κ1) is 18.4. The maximum absolute atomic E-state index is 13.5. The molecule has 1 amide bonds. The molecule has 0 spiro atoms. The molecule has 0 aliphatic heterocycles. The van der Waals surface area contributed by atoms with Gasteiger partial charge in [-0.1, -0.05) is 17.7 Å². The molecule has 6 nitrogen and oxygen atoms in total. The molecule has 11 heteroatoms. The van der Waals surface area contributed by atoms with E-state index in [9.17, 15) is 18.0 Å². The highest BCUT2D eigenvalue weighted by molar-refractivity contribution is 7.13. The third-order valence-corrected chi connectivity index (χ3v) is 4.92. The quantitative estimate of drug-likeness (QED) is 0.481. The summed E-state index contributed by atoms with van der Waals surface area (Å²) in [7, 11) is 0. The van der Waals surface area contributed by atoms with Crippen molar-refractivity contribution in [2.45, 2.75) is 6.18 Å². The first-order valence-corrected chi connectivity index (χ1v) is 9.02. The largest absolute Gasteiger partial charge is 0.433 e. The topological polar surface area (TPSA) is 72.2 Å². The molecule has 0 aliphatic rings. The summed E-state index contributed by atoms with van der Waals surface area (Å²) in [5, 5.41) is 8.05. The second-order valence-electron chi connectivity index (χ2n) is 5.60. The van der Waals surface area contributed by atoms with E-state index in [0.29, 0.717) is 9.39 Å². The predicted octanol–water partition coefficient (Wildman–Crippen LogP) is 4.78. The summed E-state index contributed by atoms with van der Waals surface area (Å²) in [5.74, 6) is -0.730. The van der Waals surface area contributed by atoms with Crippen LogP contribution in [-0.2, 0) is 6.18 Å². The van der Waals surface area contributed by atoms with E-state index in [2.05, 4.69) is 20.4 Å². The van der Waals surface area contributed by atoms with Crippen LogP contribution in [0.3, 0.4) is 0 Å². The van der Waals surface area contributed by atoms with Gasteiger partial charge < -0.3 is 5.32 Å². The zero-order chi connectivity index (χ0) is 19.9. The molecule has 1 N–H and O–H groups in total. The van der Waals surface area contributed by atoms with E-state index >= 15 is 0 Å². The Balaban J connectivity index is 1.79. The Hall–Kier alpha value is -2.98. The smallest absolute Gasteiger partial charge is 0.318 e. The molecule has 0 bridgehead atoms. The average Bonchev–Trinajstić information content (AvgIpc) is 3.31. The van der Waals surface area contributed by atoms with Crippen LogP contribution in [0.4, 0.5) is 18.9 Å². The lowest BCUT2D eigenvalue weighted by Gasteiger charge is -2.10. The fraction of sp³-hybridized carbons (Fsp3) is 0.0588. The number of rotatable bonds is 3. The van der Waals surface area contributed by atoms with Crippen LogP contribution < -0.4 is 5.32 Å². The lowest BCUT2D eigenvalue weighted by atomic mass is 10.2. The highest BCUT2D eigenvalue weighted by Gasteiger charge is 2.35. The molecule has 0 saturated carbocycles. The molecular weight excluding hydrogens is 415 g/mol. The molecule has 142 valence electrons. The van der Waals surface area contributed by atoms with Crippen molar-refractivity contribution in [3.63, 3.8) is 0 Å². The number of fused-ring (bicyclic) bond motifs is 1. The summed E-state index contributed by atoms with van der Waals surface area (Å²) in [6, 6.07) is 8.54. The van der Waals surface area contributed by atoms with Crippen molar-refractivity contribution < 1.29 is 18.0 Å². The van der Waals surface area contributed by atoms with Gasteiger partial charge in [0.25, 0.3) is 5.91 Å². The summed E-state index contributed by atoms with van der Waals surface area (Å²) in [6.45, 7) is 0. The number of nitrogens with one attached hydrogen (secondary N) is 1. The van der Waals surface area contributed by atoms with Gasteiger partial charge in [-0.25, -0.2) is 14.5 Å². The number of hydrogen-bond acceptors (Lipinski definition) is 5. The highest BCUT2D eigenvalue weighted by Crippen LogP contribution is 2.33. The molecule has 4 heterocycles. The Morgan fingerprint density at radius 3 is 2.71 bits per heavy atom. The second kappa shape index (κ2) is 6.88. The molecule has 4 aromatic heterocycles. The predicted molar refractivity (Wildman–Crippen MR) is 98.5 cm³/mol. The number of nitrogens with zero attached hydrogens (tertiary/aromatic N) is 4. The number of carbonyl (C=O) groups is 1. The summed E-state index contributed by atoms with van der Waals surface area (Å²) in [6.07, 6.45) is -3.24. The Morgan fingerprint density at radius 1 is 1.21 bits per heavy atom. The maximum Gasteiger partial charge on any atom is 0.433 e. The maximum atomic E-state index is 13.5. The molecule has 0 aliphatic carbocycles. The molecule has 0 atom stereocenters. The van der Waals surface area contributed by atoms with Crippen LogP contribution in [-0.4, -0.2) is 25.5 Å². The van der Waals surface area contributed by atoms with Crippen LogP contribution in [0.1, 0.15) is 16.2 Å². The summed E-state index contributed by atoms with van der Waals surface area (Å²) >= 11 is 7.15. The highest BCUT2D eigenvalue weighted by atomic mass is 35.5. The van der Waals surface area contributed by atoms with Gasteiger partial charge in [-0.2, -0.15) is 18.3 Å². The van der Waals surface area contributed by atoms with Gasteiger partial charge in [0.05, 0.1) is 16.3 Å². The number of amides is 1. The minimum atomic E-state index is -4.68. The van der Waals surface area contributed by atoms with Gasteiger partial charge in [0.1, 0.15) is 0 Å². The van der Waals surface area contributed by atoms with Crippen LogP contribution in [0.15, 0.2) is 48.0 Å². The van der Waals surface area contributed by atoms with E-state index in [4.69, 9.17) is 11.6 Å². The Kier molecular flexibility index (Phi) is 4.52. The van der Waals surface area contributed by atoms with Crippen molar-refractivity contribution in [1.29, 1.82) is 0 Å². The fourth-order valence-corrected chi connectivity index (χ4v) is 3.36. The van der Waals surface area contributed by atoms with Crippen molar-refractivity contribution >= 4 is 40.2 Å². The molecule has 0 saturated heterocycles. The van der Waals surface area contributed by atoms with E-state index in [1.54, 1.807) is 23.6 Å². The molecule has 4 aromatic rings. The molecule has 0 unspecified atom stereocenters. The van der Waals surface area contributed by atoms with Crippen molar-refractivity contribution in [2.75, 3.05) is 5.32 Å². The molecule has 0 aromatic carbocycles. The number of hydrogen-bond donors (Lipinski definition) is 1. The summed E-state index contributed by atoms with van der Waals surface area (Å²) in [4.78, 5) is 21.0. The SMILES string of the molecule is O=C(Nc1cccnc1Cl)c1cc2nc(-c3cccs3)cc(C(F)(F)F)n2n1. The van der Waals surface area contributed by atoms with E-state index < -0.39 is 17.8 Å². The van der Waals surface area contributed by atoms with Gasteiger partial charge in [-0.3, -0.25) is 4.79 Å². The summed E-state index contributed by atoms with van der Waals surface area (Å²) < 4.78 is 41.2. The minimum Gasteiger partial charge on any atom is -0.318 e. The van der Waals surface area contributed by atoms with E-state index in [0.717, 1.165) is 6.07 Å². The monoisotopic (exact) mass is 423 g/mol. The number of carbonyl (C=O) groups excluding carboxylic acids is 1. The normalized spacial score (nSPS) is 11.7. The van der Waals surface area contributed by atoms with Gasteiger partial charge >= 0.3 is 6.18 Å². The lowest BCUT2D eigenvalue weighted by Crippen LogP contribution is -2.16. The van der Waals surface area contributed by atoms with Gasteiger partial charge in [0.15, 0.2) is 22.2 Å². The molecule has 0 radical (unpaired) electrons. The number of alkyl halides is 3. The van der Waals surface area contributed by atoms with Crippen LogP contribution in [0.2, 0.25) is 5.15 Å². The van der Waals surface area contributed by atoms with Gasteiger partial charge in [0, 0.05) is 12.3 Å².